The van der Waals surface area contributed by atoms with Crippen molar-refractivity contribution in [3.8, 4) is 11.5 Å². The number of nitrogens with zero attached hydrogens (tertiary/aromatic N) is 2. The topological polar surface area (TPSA) is 105 Å². The number of carbonyl (C=O) groups excluding carboxylic acids is 2. The number of hydrogen-bond donors (Lipinski definition) is 1. The van der Waals surface area contributed by atoms with Crippen molar-refractivity contribution in [1.82, 2.24) is 9.62 Å². The van der Waals surface area contributed by atoms with E-state index in [2.05, 4.69) is 5.32 Å². The van der Waals surface area contributed by atoms with Crippen molar-refractivity contribution in [3.05, 3.63) is 119 Å². The van der Waals surface area contributed by atoms with Crippen molar-refractivity contribution >= 4 is 39.1 Å². The van der Waals surface area contributed by atoms with Gasteiger partial charge in [-0.1, -0.05) is 84.4 Å². The summed E-state index contributed by atoms with van der Waals surface area (Å²) in [5.74, 6) is -0.202. The maximum atomic E-state index is 14.0. The monoisotopic (exact) mass is 633 g/mol. The molecule has 44 heavy (non-hydrogen) atoms. The maximum absolute atomic E-state index is 14.0. The van der Waals surface area contributed by atoms with Crippen LogP contribution in [0.15, 0.2) is 108 Å². The Morgan fingerprint density at radius 2 is 1.61 bits per heavy atom. The average Bonchev–Trinajstić information content (AvgIpc) is 3.05. The minimum absolute atomic E-state index is 0.0364. The molecule has 0 aliphatic carbocycles. The molecule has 0 radical (unpaired) electrons. The Morgan fingerprint density at radius 1 is 0.955 bits per heavy atom. The number of anilines is 1. The Labute approximate surface area is 262 Å². The van der Waals surface area contributed by atoms with Crippen molar-refractivity contribution in [3.63, 3.8) is 0 Å². The molecule has 4 aromatic carbocycles. The van der Waals surface area contributed by atoms with Crippen molar-refractivity contribution in [2.24, 2.45) is 0 Å². The number of carbonyl (C=O) groups is 2. The van der Waals surface area contributed by atoms with Gasteiger partial charge in [-0.3, -0.25) is 9.59 Å². The zero-order valence-electron chi connectivity index (χ0n) is 24.1. The van der Waals surface area contributed by atoms with Crippen LogP contribution in [-0.2, 0) is 32.6 Å². The van der Waals surface area contributed by atoms with Crippen LogP contribution in [0, 0.1) is 0 Å². The van der Waals surface area contributed by atoms with E-state index >= 15 is 0 Å². The summed E-state index contributed by atoms with van der Waals surface area (Å²) in [7, 11) is -2.72. The molecule has 1 aliphatic heterocycles. The van der Waals surface area contributed by atoms with E-state index in [0.717, 1.165) is 15.4 Å². The van der Waals surface area contributed by atoms with Gasteiger partial charge in [0.1, 0.15) is 11.5 Å². The van der Waals surface area contributed by atoms with E-state index in [0.29, 0.717) is 30.2 Å². The van der Waals surface area contributed by atoms with E-state index in [-0.39, 0.29) is 28.9 Å². The molecule has 0 fully saturated rings. The molecule has 1 N–H and O–H groups in total. The van der Waals surface area contributed by atoms with Gasteiger partial charge in [0.05, 0.1) is 35.8 Å². The lowest BCUT2D eigenvalue weighted by Gasteiger charge is -2.35. The third kappa shape index (κ3) is 7.21. The van der Waals surface area contributed by atoms with Gasteiger partial charge in [-0.25, -0.2) is 8.42 Å². The van der Waals surface area contributed by atoms with Gasteiger partial charge in [-0.05, 0) is 47.9 Å². The van der Waals surface area contributed by atoms with Crippen LogP contribution < -0.4 is 19.7 Å². The molecular formula is C33H32ClN3O6S. The van der Waals surface area contributed by atoms with Gasteiger partial charge in [0, 0.05) is 13.1 Å². The van der Waals surface area contributed by atoms with Crippen molar-refractivity contribution in [2.75, 3.05) is 31.6 Å². The molecule has 0 saturated carbocycles. The third-order valence-corrected chi connectivity index (χ3v) is 9.38. The molecule has 2 amide bonds. The molecule has 0 aromatic heterocycles. The van der Waals surface area contributed by atoms with Crippen LogP contribution in [0.4, 0.5) is 5.69 Å². The van der Waals surface area contributed by atoms with E-state index in [1.807, 2.05) is 60.7 Å². The molecule has 9 nitrogen and oxygen atoms in total. The Morgan fingerprint density at radius 3 is 2.30 bits per heavy atom. The number of benzene rings is 4. The zero-order chi connectivity index (χ0) is 31.1. The van der Waals surface area contributed by atoms with Crippen molar-refractivity contribution in [2.45, 2.75) is 24.0 Å². The Kier molecular flexibility index (Phi) is 9.84. The molecule has 11 heteroatoms. The van der Waals surface area contributed by atoms with Crippen LogP contribution in [0.25, 0.3) is 0 Å². The van der Waals surface area contributed by atoms with E-state index in [9.17, 15) is 18.0 Å². The summed E-state index contributed by atoms with van der Waals surface area (Å²) in [6.45, 7) is -0.220. The largest absolute Gasteiger partial charge is 0.495 e. The van der Waals surface area contributed by atoms with Gasteiger partial charge in [0.25, 0.3) is 5.91 Å². The van der Waals surface area contributed by atoms with Gasteiger partial charge in [0.15, 0.2) is 6.10 Å². The molecule has 5 rings (SSSR count). The quantitative estimate of drug-likeness (QED) is 0.257. The number of methoxy groups -OCH3 is 1. The smallest absolute Gasteiger partial charge is 0.263 e. The summed E-state index contributed by atoms with van der Waals surface area (Å²) in [5.41, 5.74) is 2.29. The molecule has 0 spiro atoms. The predicted molar refractivity (Wildman–Crippen MR) is 168 cm³/mol. The van der Waals surface area contributed by atoms with Crippen molar-refractivity contribution < 1.29 is 27.5 Å². The molecule has 1 aliphatic rings. The Bertz CT molecular complexity index is 1720. The molecule has 1 atom stereocenters. The van der Waals surface area contributed by atoms with E-state index in [4.69, 9.17) is 21.1 Å². The van der Waals surface area contributed by atoms with Gasteiger partial charge >= 0.3 is 0 Å². The summed E-state index contributed by atoms with van der Waals surface area (Å²) >= 11 is 6.27. The summed E-state index contributed by atoms with van der Waals surface area (Å²) in [6, 6.07) is 29.9. The SMILES string of the molecule is COc1ccc(S(=O)(=O)N(CCc2ccccc2)CC(=O)N2CC(C(=O)NCc3ccccc3)Oc3ccccc32)cc1Cl. The summed E-state index contributed by atoms with van der Waals surface area (Å²) in [5, 5.41) is 3.00. The lowest BCUT2D eigenvalue weighted by atomic mass is 10.1. The maximum Gasteiger partial charge on any atom is 0.263 e. The Balaban J connectivity index is 1.40. The van der Waals surface area contributed by atoms with Gasteiger partial charge in [-0.15, -0.1) is 0 Å². The first-order valence-electron chi connectivity index (χ1n) is 14.0. The second-order valence-corrected chi connectivity index (χ2v) is 12.5. The fourth-order valence-electron chi connectivity index (χ4n) is 4.88. The number of nitrogens with one attached hydrogen (secondary N) is 1. The van der Waals surface area contributed by atoms with Gasteiger partial charge in [0.2, 0.25) is 15.9 Å². The molecule has 228 valence electrons. The van der Waals surface area contributed by atoms with Gasteiger partial charge in [-0.2, -0.15) is 4.31 Å². The van der Waals surface area contributed by atoms with Crippen molar-refractivity contribution in [1.29, 1.82) is 0 Å². The second-order valence-electron chi connectivity index (χ2n) is 10.2. The van der Waals surface area contributed by atoms with Crippen LogP contribution in [0.5, 0.6) is 11.5 Å². The van der Waals surface area contributed by atoms with Crippen LogP contribution >= 0.6 is 11.6 Å². The highest BCUT2D eigenvalue weighted by molar-refractivity contribution is 7.89. The molecule has 1 heterocycles. The zero-order valence-corrected chi connectivity index (χ0v) is 25.6. The minimum atomic E-state index is -4.16. The molecule has 4 aromatic rings. The molecule has 1 unspecified atom stereocenters. The number of halogens is 1. The lowest BCUT2D eigenvalue weighted by Crippen LogP contribution is -2.53. The van der Waals surface area contributed by atoms with Crippen LogP contribution in [-0.4, -0.2) is 57.4 Å². The first kappa shape index (κ1) is 31.1. The van der Waals surface area contributed by atoms with Crippen LogP contribution in [0.3, 0.4) is 0 Å². The van der Waals surface area contributed by atoms with E-state index < -0.39 is 28.6 Å². The molecular weight excluding hydrogens is 602 g/mol. The highest BCUT2D eigenvalue weighted by atomic mass is 35.5. The number of amides is 2. The third-order valence-electron chi connectivity index (χ3n) is 7.24. The number of ether oxygens (including phenoxy) is 2. The standard InChI is InChI=1S/C33H32ClN3O6S/c1-42-29-17-16-26(20-27(29)34)44(40,41)36(19-18-24-10-4-2-5-11-24)23-32(38)37-22-31(43-30-15-9-8-14-28(30)37)33(39)35-21-25-12-6-3-7-13-25/h2-17,20,31H,18-19,21-23H2,1H3,(H,35,39). The number of sulfonamides is 1. The fourth-order valence-corrected chi connectivity index (χ4v) is 6.62. The summed E-state index contributed by atoms with van der Waals surface area (Å²) < 4.78 is 40.2. The van der Waals surface area contributed by atoms with E-state index in [1.165, 1.54) is 30.2 Å². The second kappa shape index (κ2) is 13.9. The normalized spacial score (nSPS) is 14.4. The van der Waals surface area contributed by atoms with Gasteiger partial charge < -0.3 is 19.7 Å². The average molecular weight is 634 g/mol. The molecule has 0 bridgehead atoms. The highest BCUT2D eigenvalue weighted by Gasteiger charge is 2.36. The van der Waals surface area contributed by atoms with Crippen LogP contribution in [0.2, 0.25) is 5.02 Å². The number of fused-ring (bicyclic) bond motifs is 1. The minimum Gasteiger partial charge on any atom is -0.495 e. The lowest BCUT2D eigenvalue weighted by molar-refractivity contribution is -0.128. The fraction of sp³-hybridized carbons (Fsp3) is 0.212. The number of rotatable bonds is 11. The number of hydrogen-bond acceptors (Lipinski definition) is 6. The number of para-hydroxylation sites is 2. The predicted octanol–water partition coefficient (Wildman–Crippen LogP) is 4.69. The Hall–Kier alpha value is -4.38. The first-order valence-corrected chi connectivity index (χ1v) is 15.8. The highest BCUT2D eigenvalue weighted by Crippen LogP contribution is 2.34. The first-order chi connectivity index (χ1) is 21.3. The van der Waals surface area contributed by atoms with E-state index in [1.54, 1.807) is 24.3 Å². The summed E-state index contributed by atoms with van der Waals surface area (Å²) in [6.07, 6.45) is -0.617. The van der Waals surface area contributed by atoms with Crippen LogP contribution in [0.1, 0.15) is 11.1 Å². The summed E-state index contributed by atoms with van der Waals surface area (Å²) in [4.78, 5) is 28.5. The molecule has 0 saturated heterocycles.